The van der Waals surface area contributed by atoms with Crippen molar-refractivity contribution in [1.82, 2.24) is 15.6 Å². The first kappa shape index (κ1) is 14.7. The highest BCUT2D eigenvalue weighted by atomic mass is 32.1. The van der Waals surface area contributed by atoms with Crippen LogP contribution in [0.25, 0.3) is 21.0 Å². The van der Waals surface area contributed by atoms with Crippen LogP contribution in [0.5, 0.6) is 0 Å². The quantitative estimate of drug-likeness (QED) is 0.760. The number of hydrogen-bond acceptors (Lipinski definition) is 5. The molecule has 0 saturated heterocycles. The molecule has 1 amide bonds. The molecule has 0 spiro atoms. The molecular formula is C16H17N3O2S. The standard InChI is InChI=1S/C16H17N3O2S/c1-10(17-2)9-18-15(20)12-7-8-13(21-12)16-19-11-5-3-4-6-14(11)22-16/h3-8,10,17H,9H2,1-2H3,(H,18,20). The van der Waals surface area contributed by atoms with E-state index in [1.54, 1.807) is 23.5 Å². The van der Waals surface area contributed by atoms with Crippen LogP contribution < -0.4 is 10.6 Å². The van der Waals surface area contributed by atoms with Gasteiger partial charge in [-0.1, -0.05) is 12.1 Å². The zero-order valence-electron chi connectivity index (χ0n) is 12.4. The maximum absolute atomic E-state index is 12.0. The van der Waals surface area contributed by atoms with Crippen molar-refractivity contribution in [2.45, 2.75) is 13.0 Å². The van der Waals surface area contributed by atoms with Gasteiger partial charge in [0.15, 0.2) is 16.5 Å². The third kappa shape index (κ3) is 3.03. The molecule has 0 aliphatic carbocycles. The van der Waals surface area contributed by atoms with Gasteiger partial charge in [-0.3, -0.25) is 4.79 Å². The summed E-state index contributed by atoms with van der Waals surface area (Å²) < 4.78 is 6.74. The lowest BCUT2D eigenvalue weighted by Gasteiger charge is -2.09. The lowest BCUT2D eigenvalue weighted by atomic mass is 10.3. The molecule has 0 radical (unpaired) electrons. The molecule has 0 fully saturated rings. The highest BCUT2D eigenvalue weighted by Crippen LogP contribution is 2.30. The van der Waals surface area contributed by atoms with Crippen molar-refractivity contribution in [3.05, 3.63) is 42.2 Å². The molecule has 2 heterocycles. The van der Waals surface area contributed by atoms with Gasteiger partial charge in [0.05, 0.1) is 10.2 Å². The van der Waals surface area contributed by atoms with Crippen molar-refractivity contribution in [2.75, 3.05) is 13.6 Å². The summed E-state index contributed by atoms with van der Waals surface area (Å²) in [7, 11) is 1.86. The molecule has 22 heavy (non-hydrogen) atoms. The van der Waals surface area contributed by atoms with Gasteiger partial charge in [-0.25, -0.2) is 4.98 Å². The lowest BCUT2D eigenvalue weighted by molar-refractivity contribution is 0.0923. The normalized spacial score (nSPS) is 12.5. The maximum atomic E-state index is 12.0. The second-order valence-electron chi connectivity index (χ2n) is 5.05. The minimum Gasteiger partial charge on any atom is -0.448 e. The Morgan fingerprint density at radius 2 is 2.14 bits per heavy atom. The molecule has 114 valence electrons. The van der Waals surface area contributed by atoms with Crippen molar-refractivity contribution >= 4 is 27.5 Å². The van der Waals surface area contributed by atoms with Gasteiger partial charge in [-0.2, -0.15) is 0 Å². The fraction of sp³-hybridized carbons (Fsp3) is 0.250. The molecule has 0 saturated carbocycles. The predicted molar refractivity (Wildman–Crippen MR) is 88.2 cm³/mol. The maximum Gasteiger partial charge on any atom is 0.287 e. The Bertz CT molecular complexity index is 760. The van der Waals surface area contributed by atoms with E-state index in [2.05, 4.69) is 15.6 Å². The summed E-state index contributed by atoms with van der Waals surface area (Å²) in [4.78, 5) is 16.6. The van der Waals surface area contributed by atoms with E-state index < -0.39 is 0 Å². The van der Waals surface area contributed by atoms with Crippen LogP contribution in [0.2, 0.25) is 0 Å². The van der Waals surface area contributed by atoms with Crippen molar-refractivity contribution in [1.29, 1.82) is 0 Å². The molecule has 0 aliphatic rings. The van der Waals surface area contributed by atoms with Crippen LogP contribution in [0, 0.1) is 0 Å². The Kier molecular flexibility index (Phi) is 4.22. The van der Waals surface area contributed by atoms with E-state index in [9.17, 15) is 4.79 Å². The molecule has 5 nitrogen and oxygen atoms in total. The molecule has 1 unspecified atom stereocenters. The van der Waals surface area contributed by atoms with Gasteiger partial charge in [0, 0.05) is 12.6 Å². The molecule has 6 heteroatoms. The molecule has 0 bridgehead atoms. The third-order valence-corrected chi connectivity index (χ3v) is 4.45. The summed E-state index contributed by atoms with van der Waals surface area (Å²) in [6.45, 7) is 2.54. The summed E-state index contributed by atoms with van der Waals surface area (Å²) >= 11 is 1.55. The minimum atomic E-state index is -0.213. The zero-order valence-corrected chi connectivity index (χ0v) is 13.2. The van der Waals surface area contributed by atoms with Crippen LogP contribution in [0.1, 0.15) is 17.5 Å². The van der Waals surface area contributed by atoms with Crippen molar-refractivity contribution in [2.24, 2.45) is 0 Å². The molecule has 2 N–H and O–H groups in total. The van der Waals surface area contributed by atoms with Gasteiger partial charge in [0.1, 0.15) is 0 Å². The van der Waals surface area contributed by atoms with Gasteiger partial charge >= 0.3 is 0 Å². The van der Waals surface area contributed by atoms with Crippen LogP contribution in [0.4, 0.5) is 0 Å². The van der Waals surface area contributed by atoms with E-state index in [4.69, 9.17) is 4.42 Å². The third-order valence-electron chi connectivity index (χ3n) is 3.40. The number of furan rings is 1. The Morgan fingerprint density at radius 3 is 2.91 bits per heavy atom. The summed E-state index contributed by atoms with van der Waals surface area (Å²) in [6.07, 6.45) is 0. The van der Waals surface area contributed by atoms with Gasteiger partial charge in [0.2, 0.25) is 0 Å². The van der Waals surface area contributed by atoms with E-state index in [0.29, 0.717) is 18.1 Å². The first-order valence-electron chi connectivity index (χ1n) is 7.08. The molecule has 1 atom stereocenters. The second-order valence-corrected chi connectivity index (χ2v) is 6.08. The summed E-state index contributed by atoms with van der Waals surface area (Å²) in [6, 6.07) is 11.6. The monoisotopic (exact) mass is 315 g/mol. The van der Waals surface area contributed by atoms with E-state index in [0.717, 1.165) is 15.2 Å². The number of hydrogen-bond donors (Lipinski definition) is 2. The van der Waals surface area contributed by atoms with Crippen LogP contribution in [-0.2, 0) is 0 Å². The number of likely N-dealkylation sites (N-methyl/N-ethyl adjacent to an activating group) is 1. The molecular weight excluding hydrogens is 298 g/mol. The van der Waals surface area contributed by atoms with Crippen LogP contribution in [0.3, 0.4) is 0 Å². The van der Waals surface area contributed by atoms with Crippen molar-refractivity contribution in [3.63, 3.8) is 0 Å². The van der Waals surface area contributed by atoms with E-state index in [1.165, 1.54) is 0 Å². The summed E-state index contributed by atoms with van der Waals surface area (Å²) in [5.74, 6) is 0.708. The fourth-order valence-electron chi connectivity index (χ4n) is 1.99. The van der Waals surface area contributed by atoms with E-state index in [1.807, 2.05) is 38.2 Å². The zero-order chi connectivity index (χ0) is 15.5. The highest BCUT2D eigenvalue weighted by Gasteiger charge is 2.15. The average Bonchev–Trinajstić information content (AvgIpc) is 3.18. The van der Waals surface area contributed by atoms with Crippen LogP contribution in [-0.4, -0.2) is 30.5 Å². The first-order valence-corrected chi connectivity index (χ1v) is 7.90. The SMILES string of the molecule is CNC(C)CNC(=O)c1ccc(-c2nc3ccccc3s2)o1. The number of amides is 1. The second kappa shape index (κ2) is 6.29. The fourth-order valence-corrected chi connectivity index (χ4v) is 2.91. The van der Waals surface area contributed by atoms with Crippen LogP contribution in [0.15, 0.2) is 40.8 Å². The smallest absolute Gasteiger partial charge is 0.287 e. The predicted octanol–water partition coefficient (Wildman–Crippen LogP) is 2.89. The molecule has 3 aromatic rings. The Morgan fingerprint density at radius 1 is 1.32 bits per heavy atom. The lowest BCUT2D eigenvalue weighted by Crippen LogP contribution is -2.37. The number of carbonyl (C=O) groups is 1. The Labute approximate surface area is 132 Å². The topological polar surface area (TPSA) is 67.2 Å². The minimum absolute atomic E-state index is 0.211. The van der Waals surface area contributed by atoms with Gasteiger partial charge in [0.25, 0.3) is 5.91 Å². The number of aromatic nitrogens is 1. The van der Waals surface area contributed by atoms with E-state index in [-0.39, 0.29) is 11.9 Å². The largest absolute Gasteiger partial charge is 0.448 e. The Hall–Kier alpha value is -2.18. The van der Waals surface area contributed by atoms with Gasteiger partial charge < -0.3 is 15.1 Å². The Balaban J connectivity index is 1.77. The van der Waals surface area contributed by atoms with Crippen molar-refractivity contribution in [3.8, 4) is 10.8 Å². The van der Waals surface area contributed by atoms with Gasteiger partial charge in [-0.05, 0) is 38.2 Å². The average molecular weight is 315 g/mol. The number of nitrogens with zero attached hydrogens (tertiary/aromatic N) is 1. The number of para-hydroxylation sites is 1. The van der Waals surface area contributed by atoms with E-state index >= 15 is 0 Å². The highest BCUT2D eigenvalue weighted by molar-refractivity contribution is 7.21. The number of nitrogens with one attached hydrogen (secondary N) is 2. The number of benzene rings is 1. The first-order chi connectivity index (χ1) is 10.7. The molecule has 0 aliphatic heterocycles. The number of thiazole rings is 1. The number of fused-ring (bicyclic) bond motifs is 1. The molecule has 2 aromatic heterocycles. The molecule has 3 rings (SSSR count). The summed E-state index contributed by atoms with van der Waals surface area (Å²) in [5, 5.41) is 6.67. The van der Waals surface area contributed by atoms with Gasteiger partial charge in [-0.15, -0.1) is 11.3 Å². The number of carbonyl (C=O) groups excluding carboxylic acids is 1. The van der Waals surface area contributed by atoms with Crippen molar-refractivity contribution < 1.29 is 9.21 Å². The number of rotatable bonds is 5. The molecule has 1 aromatic carbocycles. The summed E-state index contributed by atoms with van der Waals surface area (Å²) in [5.41, 5.74) is 0.938. The van der Waals surface area contributed by atoms with Crippen LogP contribution >= 0.6 is 11.3 Å².